The first kappa shape index (κ1) is 27.3. The second-order valence-corrected chi connectivity index (χ2v) is 7.78. The lowest BCUT2D eigenvalue weighted by Gasteiger charge is -2.13. The normalized spacial score (nSPS) is 10.7. The van der Waals surface area contributed by atoms with Crippen molar-refractivity contribution >= 4 is 17.7 Å². The topological polar surface area (TPSA) is 56.2 Å². The molecule has 0 saturated carbocycles. The lowest BCUT2D eigenvalue weighted by Crippen LogP contribution is -2.32. The Hall–Kier alpha value is -2.73. The van der Waals surface area contributed by atoms with Gasteiger partial charge in [0.2, 0.25) is 5.91 Å². The molecular weight excluding hydrogens is 418 g/mol. The van der Waals surface area contributed by atoms with E-state index in [1.807, 2.05) is 102 Å². The summed E-state index contributed by atoms with van der Waals surface area (Å²) in [5, 5.41) is 2.82. The van der Waals surface area contributed by atoms with Crippen LogP contribution in [0.25, 0.3) is 0 Å². The van der Waals surface area contributed by atoms with Gasteiger partial charge in [-0.05, 0) is 44.2 Å². The number of nitrogens with zero attached hydrogens (tertiary/aromatic N) is 2. The number of ether oxygens (including phenoxy) is 1. The molecule has 2 aromatic carbocycles. The third-order valence-electron chi connectivity index (χ3n) is 4.29. The maximum absolute atomic E-state index is 12.4. The van der Waals surface area contributed by atoms with Crippen LogP contribution in [0.4, 0.5) is 0 Å². The summed E-state index contributed by atoms with van der Waals surface area (Å²) in [5.41, 5.74) is 1.13. The van der Waals surface area contributed by atoms with Crippen molar-refractivity contribution in [3.63, 3.8) is 0 Å². The van der Waals surface area contributed by atoms with E-state index in [0.717, 1.165) is 35.1 Å². The quantitative estimate of drug-likeness (QED) is 0.370. The van der Waals surface area contributed by atoms with Crippen LogP contribution in [-0.4, -0.2) is 27.3 Å². The molecule has 1 aromatic heterocycles. The first-order valence-electron chi connectivity index (χ1n) is 11.4. The van der Waals surface area contributed by atoms with Gasteiger partial charge in [-0.1, -0.05) is 52.0 Å². The Balaban J connectivity index is 0.00000121. The number of carbonyl (C=O) groups excluding carboxylic acids is 1. The van der Waals surface area contributed by atoms with Crippen molar-refractivity contribution in [3.8, 4) is 11.5 Å². The average Bonchev–Trinajstić information content (AvgIpc) is 3.30. The molecule has 3 rings (SSSR count). The number of amides is 1. The van der Waals surface area contributed by atoms with Crippen molar-refractivity contribution in [2.24, 2.45) is 0 Å². The van der Waals surface area contributed by atoms with Crippen LogP contribution in [0.2, 0.25) is 0 Å². The van der Waals surface area contributed by atoms with E-state index >= 15 is 0 Å². The molecule has 1 unspecified atom stereocenters. The number of nitrogens with one attached hydrogen (secondary N) is 1. The van der Waals surface area contributed by atoms with E-state index in [1.165, 1.54) is 11.8 Å². The second kappa shape index (κ2) is 16.0. The van der Waals surface area contributed by atoms with Crippen LogP contribution >= 0.6 is 11.8 Å². The zero-order valence-electron chi connectivity index (χ0n) is 20.2. The summed E-state index contributed by atoms with van der Waals surface area (Å²) in [6.45, 7) is 13.5. The number of carbonyl (C=O) groups is 1. The third-order valence-corrected chi connectivity index (χ3v) is 5.38. The molecule has 1 N–H and O–H groups in total. The zero-order chi connectivity index (χ0) is 23.8. The highest BCUT2D eigenvalue weighted by atomic mass is 32.2. The lowest BCUT2D eigenvalue weighted by molar-refractivity contribution is -0.120. The van der Waals surface area contributed by atoms with Crippen LogP contribution in [0.1, 0.15) is 47.2 Å². The van der Waals surface area contributed by atoms with Gasteiger partial charge in [0.1, 0.15) is 11.5 Å². The van der Waals surface area contributed by atoms with Gasteiger partial charge in [-0.25, -0.2) is 4.98 Å². The summed E-state index contributed by atoms with van der Waals surface area (Å²) in [6, 6.07) is 17.5. The van der Waals surface area contributed by atoms with E-state index in [4.69, 9.17) is 4.74 Å². The van der Waals surface area contributed by atoms with Gasteiger partial charge in [-0.2, -0.15) is 0 Å². The van der Waals surface area contributed by atoms with Gasteiger partial charge in [-0.15, -0.1) is 11.8 Å². The van der Waals surface area contributed by atoms with Crippen LogP contribution in [0, 0.1) is 0 Å². The first-order chi connectivity index (χ1) is 15.7. The summed E-state index contributed by atoms with van der Waals surface area (Å²) in [5.74, 6) is 1.58. The molecule has 0 fully saturated rings. The number of aryl methyl sites for hydroxylation is 1. The van der Waals surface area contributed by atoms with Gasteiger partial charge in [0, 0.05) is 36.3 Å². The minimum absolute atomic E-state index is 0.0296. The van der Waals surface area contributed by atoms with Crippen LogP contribution in [0.3, 0.4) is 0 Å². The van der Waals surface area contributed by atoms with Crippen LogP contribution < -0.4 is 10.1 Å². The summed E-state index contributed by atoms with van der Waals surface area (Å²) in [6.07, 6.45) is 4.45. The molecule has 0 radical (unpaired) electrons. The van der Waals surface area contributed by atoms with Gasteiger partial charge < -0.3 is 14.6 Å². The fourth-order valence-electron chi connectivity index (χ4n) is 2.79. The lowest BCUT2D eigenvalue weighted by atomic mass is 10.3. The zero-order valence-corrected chi connectivity index (χ0v) is 21.0. The van der Waals surface area contributed by atoms with Crippen molar-refractivity contribution in [3.05, 3.63) is 72.8 Å². The highest BCUT2D eigenvalue weighted by molar-refractivity contribution is 8.00. The Morgan fingerprint density at radius 1 is 1.06 bits per heavy atom. The van der Waals surface area contributed by atoms with E-state index in [-0.39, 0.29) is 11.2 Å². The highest BCUT2D eigenvalue weighted by Crippen LogP contribution is 2.29. The van der Waals surface area contributed by atoms with Gasteiger partial charge >= 0.3 is 0 Å². The smallest absolute Gasteiger partial charge is 0.233 e. The number of thioether (sulfide) groups is 1. The van der Waals surface area contributed by atoms with Crippen LogP contribution in [0.15, 0.2) is 72.0 Å². The summed E-state index contributed by atoms with van der Waals surface area (Å²) in [4.78, 5) is 17.6. The number of para-hydroxylation sites is 1. The first-order valence-corrected chi connectivity index (χ1v) is 12.3. The molecule has 0 saturated heterocycles. The summed E-state index contributed by atoms with van der Waals surface area (Å²) in [7, 11) is 0. The van der Waals surface area contributed by atoms with Crippen molar-refractivity contribution in [2.45, 2.75) is 64.7 Å². The van der Waals surface area contributed by atoms with Crippen molar-refractivity contribution < 1.29 is 9.53 Å². The number of benzene rings is 2. The fraction of sp³-hybridized carbons (Fsp3) is 0.385. The Kier molecular flexibility index (Phi) is 13.6. The molecule has 1 atom stereocenters. The molecule has 32 heavy (non-hydrogen) atoms. The van der Waals surface area contributed by atoms with E-state index in [1.54, 1.807) is 0 Å². The average molecular weight is 456 g/mol. The number of aromatic nitrogens is 2. The second-order valence-electron chi connectivity index (χ2n) is 6.36. The monoisotopic (exact) mass is 455 g/mol. The minimum atomic E-state index is -0.192. The van der Waals surface area contributed by atoms with Crippen molar-refractivity contribution in [1.29, 1.82) is 0 Å². The van der Waals surface area contributed by atoms with Gasteiger partial charge in [-0.3, -0.25) is 4.79 Å². The molecule has 0 bridgehead atoms. The summed E-state index contributed by atoms with van der Waals surface area (Å²) < 4.78 is 7.95. The van der Waals surface area contributed by atoms with E-state index in [9.17, 15) is 4.79 Å². The molecule has 0 aliphatic carbocycles. The fourth-order valence-corrected chi connectivity index (χ4v) is 3.73. The Bertz CT molecular complexity index is 897. The number of hydrogen-bond acceptors (Lipinski definition) is 4. The van der Waals surface area contributed by atoms with Gasteiger partial charge in [0.15, 0.2) is 0 Å². The Morgan fingerprint density at radius 2 is 1.75 bits per heavy atom. The molecule has 0 aliphatic rings. The maximum atomic E-state index is 12.4. The molecule has 0 spiro atoms. The molecule has 3 aromatic rings. The highest BCUT2D eigenvalue weighted by Gasteiger charge is 2.14. The van der Waals surface area contributed by atoms with Gasteiger partial charge in [0.05, 0.1) is 11.6 Å². The maximum Gasteiger partial charge on any atom is 0.233 e. The Morgan fingerprint density at radius 3 is 2.44 bits per heavy atom. The SMILES string of the molecule is CC.CC.CCn1cncc1CCNC(=O)C(C)Sc1cccc(Oc2ccccc2)c1. The molecule has 0 aliphatic heterocycles. The molecule has 6 heteroatoms. The van der Waals surface area contributed by atoms with E-state index in [0.29, 0.717) is 6.54 Å². The van der Waals surface area contributed by atoms with E-state index in [2.05, 4.69) is 21.8 Å². The molecule has 174 valence electrons. The van der Waals surface area contributed by atoms with Crippen molar-refractivity contribution in [2.75, 3.05) is 6.54 Å². The molecular formula is C26H37N3O2S. The van der Waals surface area contributed by atoms with Crippen LogP contribution in [-0.2, 0) is 17.8 Å². The number of rotatable bonds is 9. The van der Waals surface area contributed by atoms with Gasteiger partial charge in [0.25, 0.3) is 0 Å². The summed E-state index contributed by atoms with van der Waals surface area (Å²) >= 11 is 1.52. The standard InChI is InChI=1S/C22H25N3O2S.2C2H6/c1-3-25-16-23-15-18(25)12-13-24-22(26)17(2)28-21-11-7-10-20(14-21)27-19-8-5-4-6-9-19;2*1-2/h4-11,14-17H,3,12-13H2,1-2H3,(H,24,26);2*1-2H3. The minimum Gasteiger partial charge on any atom is -0.457 e. The largest absolute Gasteiger partial charge is 0.457 e. The Labute approximate surface area is 197 Å². The predicted octanol–water partition coefficient (Wildman–Crippen LogP) is 6.59. The number of imidazole rings is 1. The molecule has 1 heterocycles. The molecule has 5 nitrogen and oxygen atoms in total. The van der Waals surface area contributed by atoms with Crippen molar-refractivity contribution in [1.82, 2.24) is 14.9 Å². The molecule has 1 amide bonds. The third kappa shape index (κ3) is 9.18. The van der Waals surface area contributed by atoms with E-state index < -0.39 is 0 Å². The van der Waals surface area contributed by atoms with Crippen LogP contribution in [0.5, 0.6) is 11.5 Å². The number of hydrogen-bond donors (Lipinski definition) is 1. The predicted molar refractivity (Wildman–Crippen MR) is 136 cm³/mol.